The fourth-order valence-corrected chi connectivity index (χ4v) is 2.05. The molecule has 0 bridgehead atoms. The summed E-state index contributed by atoms with van der Waals surface area (Å²) in [5, 5.41) is 0. The van der Waals surface area contributed by atoms with E-state index in [0.717, 1.165) is 16.5 Å². The molecule has 2 aromatic rings. The van der Waals surface area contributed by atoms with E-state index in [1.807, 2.05) is 31.2 Å². The van der Waals surface area contributed by atoms with Crippen molar-refractivity contribution in [3.8, 4) is 17.2 Å². The number of ether oxygens (including phenoxy) is 2. The average molecular weight is 321 g/mol. The third-order valence-electron chi connectivity index (χ3n) is 2.45. The molecule has 0 atom stereocenters. The van der Waals surface area contributed by atoms with E-state index in [2.05, 4.69) is 15.9 Å². The van der Waals surface area contributed by atoms with Crippen LogP contribution >= 0.6 is 15.9 Å². The van der Waals surface area contributed by atoms with Crippen LogP contribution in [0.25, 0.3) is 0 Å². The number of halogens is 1. The normalized spacial score (nSPS) is 10.0. The van der Waals surface area contributed by atoms with E-state index in [0.29, 0.717) is 23.7 Å². The smallest absolute Gasteiger partial charge is 0.150 e. The van der Waals surface area contributed by atoms with Gasteiger partial charge in [0.25, 0.3) is 0 Å². The molecule has 0 aromatic heterocycles. The molecule has 4 heteroatoms. The van der Waals surface area contributed by atoms with Crippen LogP contribution in [0, 0.1) is 0 Å². The van der Waals surface area contributed by atoms with E-state index < -0.39 is 0 Å². The Balaban J connectivity index is 2.14. The van der Waals surface area contributed by atoms with Crippen molar-refractivity contribution in [2.45, 2.75) is 6.92 Å². The second-order valence-electron chi connectivity index (χ2n) is 3.81. The fourth-order valence-electron chi connectivity index (χ4n) is 1.57. The van der Waals surface area contributed by atoms with Gasteiger partial charge in [0.05, 0.1) is 11.1 Å². The van der Waals surface area contributed by atoms with Gasteiger partial charge in [-0.25, -0.2) is 0 Å². The zero-order valence-electron chi connectivity index (χ0n) is 10.4. The summed E-state index contributed by atoms with van der Waals surface area (Å²) < 4.78 is 11.8. The summed E-state index contributed by atoms with van der Waals surface area (Å²) in [4.78, 5) is 10.7. The van der Waals surface area contributed by atoms with Crippen molar-refractivity contribution in [1.82, 2.24) is 0 Å². The molecular weight excluding hydrogens is 308 g/mol. The lowest BCUT2D eigenvalue weighted by molar-refractivity contribution is 0.112. The first-order valence-electron chi connectivity index (χ1n) is 5.88. The first-order chi connectivity index (χ1) is 9.22. The van der Waals surface area contributed by atoms with Gasteiger partial charge in [0.2, 0.25) is 0 Å². The molecule has 0 amide bonds. The third kappa shape index (κ3) is 3.58. The lowest BCUT2D eigenvalue weighted by atomic mass is 10.2. The highest BCUT2D eigenvalue weighted by Gasteiger charge is 2.04. The number of carbonyl (C=O) groups is 1. The van der Waals surface area contributed by atoms with Crippen LogP contribution in [0.15, 0.2) is 46.9 Å². The van der Waals surface area contributed by atoms with Crippen LogP contribution in [0.4, 0.5) is 0 Å². The van der Waals surface area contributed by atoms with E-state index >= 15 is 0 Å². The molecule has 0 fully saturated rings. The largest absolute Gasteiger partial charge is 0.494 e. The van der Waals surface area contributed by atoms with Crippen LogP contribution in [0.5, 0.6) is 17.2 Å². The molecule has 19 heavy (non-hydrogen) atoms. The molecule has 0 aliphatic rings. The van der Waals surface area contributed by atoms with Crippen molar-refractivity contribution in [2.75, 3.05) is 6.61 Å². The van der Waals surface area contributed by atoms with Gasteiger partial charge in [-0.15, -0.1) is 0 Å². The first kappa shape index (κ1) is 13.6. The maximum atomic E-state index is 10.7. The maximum Gasteiger partial charge on any atom is 0.150 e. The molecule has 0 unspecified atom stereocenters. The Labute approximate surface area is 120 Å². The van der Waals surface area contributed by atoms with Gasteiger partial charge < -0.3 is 9.47 Å². The van der Waals surface area contributed by atoms with Crippen LogP contribution in [-0.2, 0) is 0 Å². The highest BCUT2D eigenvalue weighted by Crippen LogP contribution is 2.30. The number of aldehydes is 1. The van der Waals surface area contributed by atoms with Crippen LogP contribution in [0.1, 0.15) is 17.3 Å². The SMILES string of the molecule is CCOc1ccc(Oc2ccc(C=O)cc2Br)cc1. The Morgan fingerprint density at radius 2 is 1.79 bits per heavy atom. The van der Waals surface area contributed by atoms with Gasteiger partial charge in [0, 0.05) is 5.56 Å². The minimum Gasteiger partial charge on any atom is -0.494 e. The average Bonchev–Trinajstić information content (AvgIpc) is 2.43. The quantitative estimate of drug-likeness (QED) is 0.763. The summed E-state index contributed by atoms with van der Waals surface area (Å²) in [6, 6.07) is 12.6. The molecule has 0 radical (unpaired) electrons. The Bertz CT molecular complexity index is 564. The minimum absolute atomic E-state index is 0.603. The fraction of sp³-hybridized carbons (Fsp3) is 0.133. The Kier molecular flexibility index (Phi) is 4.58. The Morgan fingerprint density at radius 3 is 2.37 bits per heavy atom. The highest BCUT2D eigenvalue weighted by atomic mass is 79.9. The monoisotopic (exact) mass is 320 g/mol. The van der Waals surface area contributed by atoms with Crippen LogP contribution in [0.3, 0.4) is 0 Å². The van der Waals surface area contributed by atoms with Crippen LogP contribution in [0.2, 0.25) is 0 Å². The summed E-state index contributed by atoms with van der Waals surface area (Å²) in [7, 11) is 0. The molecule has 0 saturated carbocycles. The Hall–Kier alpha value is -1.81. The van der Waals surface area contributed by atoms with E-state index in [1.165, 1.54) is 0 Å². The van der Waals surface area contributed by atoms with Crippen molar-refractivity contribution in [3.05, 3.63) is 52.5 Å². The lowest BCUT2D eigenvalue weighted by Crippen LogP contribution is -1.91. The van der Waals surface area contributed by atoms with Crippen LogP contribution < -0.4 is 9.47 Å². The zero-order valence-corrected chi connectivity index (χ0v) is 12.0. The number of hydrogen-bond donors (Lipinski definition) is 0. The standard InChI is InChI=1S/C15H13BrO3/c1-2-18-12-4-6-13(7-5-12)19-15-8-3-11(10-17)9-14(15)16/h3-10H,2H2,1H3. The van der Waals surface area contributed by atoms with E-state index in [-0.39, 0.29) is 0 Å². The summed E-state index contributed by atoms with van der Waals surface area (Å²) in [6.07, 6.45) is 0.797. The number of hydrogen-bond acceptors (Lipinski definition) is 3. The third-order valence-corrected chi connectivity index (χ3v) is 3.07. The molecule has 0 spiro atoms. The van der Waals surface area contributed by atoms with Gasteiger partial charge in [-0.05, 0) is 65.3 Å². The zero-order chi connectivity index (χ0) is 13.7. The van der Waals surface area contributed by atoms with Gasteiger partial charge in [-0.2, -0.15) is 0 Å². The van der Waals surface area contributed by atoms with Crippen molar-refractivity contribution >= 4 is 22.2 Å². The number of benzene rings is 2. The molecule has 3 nitrogen and oxygen atoms in total. The van der Waals surface area contributed by atoms with Crippen molar-refractivity contribution in [3.63, 3.8) is 0 Å². The summed E-state index contributed by atoms with van der Waals surface area (Å²) in [5.74, 6) is 2.18. The molecule has 0 aliphatic heterocycles. The molecule has 2 rings (SSSR count). The Morgan fingerprint density at radius 1 is 1.11 bits per heavy atom. The van der Waals surface area contributed by atoms with Gasteiger partial charge in [0.1, 0.15) is 23.5 Å². The van der Waals surface area contributed by atoms with Crippen molar-refractivity contribution in [2.24, 2.45) is 0 Å². The predicted octanol–water partition coefficient (Wildman–Crippen LogP) is 4.45. The summed E-state index contributed by atoms with van der Waals surface area (Å²) in [6.45, 7) is 2.58. The molecule has 0 aliphatic carbocycles. The molecule has 0 saturated heterocycles. The van der Waals surface area contributed by atoms with E-state index in [9.17, 15) is 4.79 Å². The van der Waals surface area contributed by atoms with E-state index in [1.54, 1.807) is 18.2 Å². The maximum absolute atomic E-state index is 10.7. The van der Waals surface area contributed by atoms with Gasteiger partial charge in [-0.3, -0.25) is 4.79 Å². The first-order valence-corrected chi connectivity index (χ1v) is 6.67. The van der Waals surface area contributed by atoms with Gasteiger partial charge in [0.15, 0.2) is 0 Å². The second kappa shape index (κ2) is 6.38. The molecular formula is C15H13BrO3. The lowest BCUT2D eigenvalue weighted by Gasteiger charge is -2.09. The van der Waals surface area contributed by atoms with Crippen molar-refractivity contribution < 1.29 is 14.3 Å². The predicted molar refractivity (Wildman–Crippen MR) is 77.2 cm³/mol. The van der Waals surface area contributed by atoms with Gasteiger partial charge >= 0.3 is 0 Å². The molecule has 98 valence electrons. The molecule has 0 N–H and O–H groups in total. The molecule has 2 aromatic carbocycles. The minimum atomic E-state index is 0.603. The topological polar surface area (TPSA) is 35.5 Å². The summed E-state index contributed by atoms with van der Waals surface area (Å²) >= 11 is 3.38. The second-order valence-corrected chi connectivity index (χ2v) is 4.67. The van der Waals surface area contributed by atoms with E-state index in [4.69, 9.17) is 9.47 Å². The summed E-state index contributed by atoms with van der Waals surface area (Å²) in [5.41, 5.74) is 0.603. The number of carbonyl (C=O) groups excluding carboxylic acids is 1. The highest BCUT2D eigenvalue weighted by molar-refractivity contribution is 9.10. The molecule has 0 heterocycles. The number of rotatable bonds is 5. The van der Waals surface area contributed by atoms with Gasteiger partial charge in [-0.1, -0.05) is 0 Å². The van der Waals surface area contributed by atoms with Crippen LogP contribution in [-0.4, -0.2) is 12.9 Å². The van der Waals surface area contributed by atoms with Crippen molar-refractivity contribution in [1.29, 1.82) is 0 Å².